The molecule has 0 aliphatic carbocycles. The van der Waals surface area contributed by atoms with E-state index in [0.717, 1.165) is 11.5 Å². The summed E-state index contributed by atoms with van der Waals surface area (Å²) >= 11 is 0. The molecule has 68 valence electrons. The van der Waals surface area contributed by atoms with E-state index in [-0.39, 0.29) is 6.04 Å². The van der Waals surface area contributed by atoms with Crippen LogP contribution in [0.25, 0.3) is 0 Å². The molecule has 0 fully saturated rings. The Morgan fingerprint density at radius 1 is 1.23 bits per heavy atom. The van der Waals surface area contributed by atoms with E-state index in [1.165, 1.54) is 0 Å². The van der Waals surface area contributed by atoms with Crippen molar-refractivity contribution in [1.82, 2.24) is 0 Å². The molecule has 2 aromatic rings. The molecule has 0 spiro atoms. The molecule has 2 N–H and O–H groups in total. The van der Waals surface area contributed by atoms with Crippen molar-refractivity contribution < 1.29 is 8.83 Å². The first-order valence-corrected chi connectivity index (χ1v) is 4.12. The molecule has 0 aromatic carbocycles. The van der Waals surface area contributed by atoms with Crippen LogP contribution < -0.4 is 5.73 Å². The highest BCUT2D eigenvalue weighted by atomic mass is 16.4. The summed E-state index contributed by atoms with van der Waals surface area (Å²) in [6.07, 6.45) is 1.60. The van der Waals surface area contributed by atoms with Gasteiger partial charge in [-0.15, -0.1) is 0 Å². The summed E-state index contributed by atoms with van der Waals surface area (Å²) in [5.41, 5.74) is 5.89. The molecular formula is C10H11NO2. The van der Waals surface area contributed by atoms with E-state index in [1.807, 2.05) is 31.2 Å². The fourth-order valence-corrected chi connectivity index (χ4v) is 1.23. The summed E-state index contributed by atoms with van der Waals surface area (Å²) in [5.74, 6) is 2.30. The predicted octanol–water partition coefficient (Wildman–Crippen LogP) is 2.23. The van der Waals surface area contributed by atoms with Crippen molar-refractivity contribution in [3.8, 4) is 0 Å². The summed E-state index contributed by atoms with van der Waals surface area (Å²) in [5, 5.41) is 0. The van der Waals surface area contributed by atoms with Crippen LogP contribution in [-0.4, -0.2) is 0 Å². The first-order chi connectivity index (χ1) is 6.27. The van der Waals surface area contributed by atoms with E-state index in [4.69, 9.17) is 14.6 Å². The maximum absolute atomic E-state index is 5.89. The summed E-state index contributed by atoms with van der Waals surface area (Å²) < 4.78 is 10.6. The lowest BCUT2D eigenvalue weighted by molar-refractivity contribution is 0.421. The van der Waals surface area contributed by atoms with E-state index in [1.54, 1.807) is 6.26 Å². The van der Waals surface area contributed by atoms with Crippen LogP contribution in [0.2, 0.25) is 0 Å². The second-order valence-electron chi connectivity index (χ2n) is 2.94. The van der Waals surface area contributed by atoms with Gasteiger partial charge in [0.15, 0.2) is 0 Å². The summed E-state index contributed by atoms with van der Waals surface area (Å²) in [6.45, 7) is 1.89. The SMILES string of the molecule is Cc1ccc(C(N)c2ccco2)o1. The van der Waals surface area contributed by atoms with Gasteiger partial charge in [-0.1, -0.05) is 0 Å². The smallest absolute Gasteiger partial charge is 0.128 e. The van der Waals surface area contributed by atoms with Gasteiger partial charge in [-0.3, -0.25) is 0 Å². The standard InChI is InChI=1S/C10H11NO2/c1-7-4-5-9(13-7)10(11)8-3-2-6-12-8/h2-6,10H,11H2,1H3. The summed E-state index contributed by atoms with van der Waals surface area (Å²) in [4.78, 5) is 0. The molecule has 0 saturated heterocycles. The molecule has 0 amide bonds. The van der Waals surface area contributed by atoms with Crippen LogP contribution >= 0.6 is 0 Å². The Labute approximate surface area is 76.1 Å². The summed E-state index contributed by atoms with van der Waals surface area (Å²) in [7, 11) is 0. The normalized spacial score (nSPS) is 13.1. The highest BCUT2D eigenvalue weighted by Gasteiger charge is 2.14. The zero-order valence-electron chi connectivity index (χ0n) is 7.36. The van der Waals surface area contributed by atoms with Gasteiger partial charge in [-0.25, -0.2) is 0 Å². The zero-order chi connectivity index (χ0) is 9.26. The lowest BCUT2D eigenvalue weighted by atomic mass is 10.2. The Bertz CT molecular complexity index is 375. The fraction of sp³-hybridized carbons (Fsp3) is 0.200. The van der Waals surface area contributed by atoms with Gasteiger partial charge in [0.1, 0.15) is 23.3 Å². The highest BCUT2D eigenvalue weighted by Crippen LogP contribution is 2.21. The Hall–Kier alpha value is -1.48. The maximum Gasteiger partial charge on any atom is 0.128 e. The van der Waals surface area contributed by atoms with Crippen LogP contribution in [-0.2, 0) is 0 Å². The fourth-order valence-electron chi connectivity index (χ4n) is 1.23. The van der Waals surface area contributed by atoms with Gasteiger partial charge in [-0.2, -0.15) is 0 Å². The monoisotopic (exact) mass is 177 g/mol. The number of aryl methyl sites for hydroxylation is 1. The number of nitrogens with two attached hydrogens (primary N) is 1. The largest absolute Gasteiger partial charge is 0.467 e. The van der Waals surface area contributed by atoms with E-state index < -0.39 is 0 Å². The highest BCUT2D eigenvalue weighted by molar-refractivity contribution is 5.18. The first kappa shape index (κ1) is 8.13. The van der Waals surface area contributed by atoms with Crippen molar-refractivity contribution in [2.24, 2.45) is 5.73 Å². The zero-order valence-corrected chi connectivity index (χ0v) is 7.36. The van der Waals surface area contributed by atoms with Gasteiger partial charge in [0.05, 0.1) is 6.26 Å². The van der Waals surface area contributed by atoms with Crippen LogP contribution in [0.4, 0.5) is 0 Å². The van der Waals surface area contributed by atoms with Crippen LogP contribution in [0.5, 0.6) is 0 Å². The Morgan fingerprint density at radius 2 is 2.08 bits per heavy atom. The Morgan fingerprint density at radius 3 is 2.62 bits per heavy atom. The van der Waals surface area contributed by atoms with Crippen molar-refractivity contribution >= 4 is 0 Å². The van der Waals surface area contributed by atoms with Crippen LogP contribution in [0, 0.1) is 6.92 Å². The molecule has 3 heteroatoms. The third kappa shape index (κ3) is 1.51. The molecule has 0 radical (unpaired) electrons. The average Bonchev–Trinajstić information content (AvgIpc) is 2.72. The quantitative estimate of drug-likeness (QED) is 0.765. The Kier molecular flexibility index (Phi) is 1.94. The minimum absolute atomic E-state index is 0.302. The minimum atomic E-state index is -0.302. The third-order valence-corrected chi connectivity index (χ3v) is 1.92. The molecular weight excluding hydrogens is 166 g/mol. The second kappa shape index (κ2) is 3.11. The van der Waals surface area contributed by atoms with Gasteiger partial charge >= 0.3 is 0 Å². The number of furan rings is 2. The Balaban J connectivity index is 2.28. The van der Waals surface area contributed by atoms with Gasteiger partial charge in [-0.05, 0) is 31.2 Å². The molecule has 0 aliphatic heterocycles. The molecule has 2 heterocycles. The average molecular weight is 177 g/mol. The predicted molar refractivity (Wildman–Crippen MR) is 48.2 cm³/mol. The lowest BCUT2D eigenvalue weighted by Gasteiger charge is -2.03. The van der Waals surface area contributed by atoms with Crippen molar-refractivity contribution in [3.63, 3.8) is 0 Å². The molecule has 1 atom stereocenters. The second-order valence-corrected chi connectivity index (χ2v) is 2.94. The molecule has 2 aromatic heterocycles. The first-order valence-electron chi connectivity index (χ1n) is 4.12. The van der Waals surface area contributed by atoms with Gasteiger partial charge < -0.3 is 14.6 Å². The van der Waals surface area contributed by atoms with Crippen molar-refractivity contribution in [1.29, 1.82) is 0 Å². The minimum Gasteiger partial charge on any atom is -0.467 e. The summed E-state index contributed by atoms with van der Waals surface area (Å²) in [6, 6.07) is 7.09. The van der Waals surface area contributed by atoms with Crippen LogP contribution in [0.15, 0.2) is 39.4 Å². The van der Waals surface area contributed by atoms with Crippen LogP contribution in [0.3, 0.4) is 0 Å². The van der Waals surface area contributed by atoms with E-state index in [2.05, 4.69) is 0 Å². The molecule has 13 heavy (non-hydrogen) atoms. The molecule has 0 saturated carbocycles. The lowest BCUT2D eigenvalue weighted by Crippen LogP contribution is -2.09. The number of hydrogen-bond donors (Lipinski definition) is 1. The molecule has 0 aliphatic rings. The van der Waals surface area contributed by atoms with E-state index in [0.29, 0.717) is 5.76 Å². The molecule has 0 bridgehead atoms. The number of rotatable bonds is 2. The van der Waals surface area contributed by atoms with E-state index in [9.17, 15) is 0 Å². The van der Waals surface area contributed by atoms with Crippen LogP contribution in [0.1, 0.15) is 23.3 Å². The van der Waals surface area contributed by atoms with E-state index >= 15 is 0 Å². The maximum atomic E-state index is 5.89. The van der Waals surface area contributed by atoms with Crippen molar-refractivity contribution in [2.75, 3.05) is 0 Å². The van der Waals surface area contributed by atoms with Crippen molar-refractivity contribution in [2.45, 2.75) is 13.0 Å². The molecule has 3 nitrogen and oxygen atoms in total. The van der Waals surface area contributed by atoms with Crippen molar-refractivity contribution in [3.05, 3.63) is 47.8 Å². The molecule has 1 unspecified atom stereocenters. The van der Waals surface area contributed by atoms with Gasteiger partial charge in [0, 0.05) is 0 Å². The topological polar surface area (TPSA) is 52.3 Å². The molecule has 2 rings (SSSR count). The van der Waals surface area contributed by atoms with Gasteiger partial charge in [0.25, 0.3) is 0 Å². The van der Waals surface area contributed by atoms with Gasteiger partial charge in [0.2, 0.25) is 0 Å². The third-order valence-electron chi connectivity index (χ3n) is 1.92. The number of hydrogen-bond acceptors (Lipinski definition) is 3.